The maximum absolute atomic E-state index is 11.8. The number of rotatable bonds is 7. The topological polar surface area (TPSA) is 144 Å². The molecule has 10 heteroatoms. The number of nitriles is 1. The summed E-state index contributed by atoms with van der Waals surface area (Å²) >= 11 is 0. The van der Waals surface area contributed by atoms with Crippen molar-refractivity contribution in [2.75, 3.05) is 0 Å². The first kappa shape index (κ1) is 22.0. The van der Waals surface area contributed by atoms with Crippen molar-refractivity contribution in [2.24, 2.45) is 5.73 Å². The Morgan fingerprint density at radius 1 is 1.14 bits per heavy atom. The number of H-pyrrole nitrogens is 1. The Labute approximate surface area is 201 Å². The Balaban J connectivity index is 1.56. The van der Waals surface area contributed by atoms with Crippen LogP contribution in [0.2, 0.25) is 0 Å². The number of nitrogens with zero attached hydrogens (tertiary/aromatic N) is 7. The van der Waals surface area contributed by atoms with Crippen molar-refractivity contribution in [1.82, 2.24) is 34.3 Å². The van der Waals surface area contributed by atoms with E-state index in [-0.39, 0.29) is 11.7 Å². The molecule has 0 fully saturated rings. The summed E-state index contributed by atoms with van der Waals surface area (Å²) in [6.07, 6.45) is 4.68. The van der Waals surface area contributed by atoms with E-state index in [4.69, 9.17) is 15.8 Å². The quantitative estimate of drug-likeness (QED) is 0.377. The summed E-state index contributed by atoms with van der Waals surface area (Å²) in [7, 11) is 0. The third kappa shape index (κ3) is 4.27. The molecular formula is C25H23N9O. The second-order valence-electron chi connectivity index (χ2n) is 8.49. The Morgan fingerprint density at radius 3 is 2.74 bits per heavy atom. The van der Waals surface area contributed by atoms with Crippen LogP contribution in [0.4, 0.5) is 0 Å². The Morgan fingerprint density at radius 2 is 2.00 bits per heavy atom. The highest BCUT2D eigenvalue weighted by molar-refractivity contribution is 5.91. The number of aromatic amines is 1. The summed E-state index contributed by atoms with van der Waals surface area (Å²) in [6, 6.07) is 15.4. The van der Waals surface area contributed by atoms with Crippen LogP contribution in [0, 0.1) is 11.3 Å². The van der Waals surface area contributed by atoms with E-state index in [1.54, 1.807) is 12.1 Å². The number of hydrogen-bond donors (Lipinski definition) is 2. The average molecular weight is 466 g/mol. The minimum Gasteiger partial charge on any atom is -0.364 e. The fourth-order valence-corrected chi connectivity index (χ4v) is 3.90. The summed E-state index contributed by atoms with van der Waals surface area (Å²) in [6.45, 7) is 4.12. The van der Waals surface area contributed by atoms with Gasteiger partial charge in [0, 0.05) is 18.7 Å². The molecule has 0 atom stereocenters. The van der Waals surface area contributed by atoms with Crippen molar-refractivity contribution in [1.29, 1.82) is 5.26 Å². The van der Waals surface area contributed by atoms with Gasteiger partial charge in [-0.05, 0) is 56.2 Å². The molecule has 35 heavy (non-hydrogen) atoms. The monoisotopic (exact) mass is 465 g/mol. The smallest absolute Gasteiger partial charge is 0.269 e. The lowest BCUT2D eigenvalue weighted by Gasteiger charge is -2.04. The Hall–Kier alpha value is -4.78. The van der Waals surface area contributed by atoms with E-state index < -0.39 is 5.91 Å². The van der Waals surface area contributed by atoms with E-state index in [9.17, 15) is 10.1 Å². The molecule has 0 saturated heterocycles. The fraction of sp³-hybridized carbons (Fsp3) is 0.200. The molecule has 0 aliphatic carbocycles. The van der Waals surface area contributed by atoms with E-state index in [0.29, 0.717) is 35.4 Å². The number of carbonyl (C=O) groups excluding carboxylic acids is 1. The third-order valence-electron chi connectivity index (χ3n) is 5.71. The molecule has 5 rings (SSSR count). The highest BCUT2D eigenvalue weighted by atomic mass is 16.1. The predicted molar refractivity (Wildman–Crippen MR) is 129 cm³/mol. The van der Waals surface area contributed by atoms with Gasteiger partial charge in [-0.2, -0.15) is 15.5 Å². The van der Waals surface area contributed by atoms with Crippen LogP contribution in [0.1, 0.15) is 47.3 Å². The standard InChI is InChI=1S/C25H23N9O/c1-15(2)33-11-10-19(31-33)24-23(18-7-9-22-28-14-20(25(27)35)34(22)32-18)29-21(30-24)8-6-16-4-3-5-17(12-16)13-26/h3-5,7,9-12,14-15H,6,8H2,1-2H3,(H2,27,35)(H,29,30). The number of imidazole rings is 2. The molecule has 4 heterocycles. The number of aryl methyl sites for hydroxylation is 2. The molecule has 0 radical (unpaired) electrons. The van der Waals surface area contributed by atoms with Crippen molar-refractivity contribution in [3.8, 4) is 28.8 Å². The number of amides is 1. The molecule has 10 nitrogen and oxygen atoms in total. The Bertz CT molecular complexity index is 1580. The number of aromatic nitrogens is 7. The molecule has 3 N–H and O–H groups in total. The molecular weight excluding hydrogens is 442 g/mol. The van der Waals surface area contributed by atoms with Crippen molar-refractivity contribution in [3.05, 3.63) is 77.5 Å². The van der Waals surface area contributed by atoms with Crippen molar-refractivity contribution >= 4 is 11.6 Å². The van der Waals surface area contributed by atoms with Crippen LogP contribution in [0.5, 0.6) is 0 Å². The van der Waals surface area contributed by atoms with Gasteiger partial charge >= 0.3 is 0 Å². The summed E-state index contributed by atoms with van der Waals surface area (Å²) < 4.78 is 3.31. The van der Waals surface area contributed by atoms with Crippen molar-refractivity contribution in [3.63, 3.8) is 0 Å². The molecule has 5 aromatic rings. The van der Waals surface area contributed by atoms with Crippen LogP contribution in [0.25, 0.3) is 28.4 Å². The zero-order valence-electron chi connectivity index (χ0n) is 19.3. The number of nitrogens with one attached hydrogen (secondary N) is 1. The second-order valence-corrected chi connectivity index (χ2v) is 8.49. The van der Waals surface area contributed by atoms with Crippen molar-refractivity contribution < 1.29 is 4.79 Å². The van der Waals surface area contributed by atoms with E-state index in [1.807, 2.05) is 41.2 Å². The molecule has 1 aromatic carbocycles. The van der Waals surface area contributed by atoms with Gasteiger partial charge in [-0.1, -0.05) is 12.1 Å². The van der Waals surface area contributed by atoms with Gasteiger partial charge in [-0.3, -0.25) is 9.48 Å². The van der Waals surface area contributed by atoms with E-state index in [0.717, 1.165) is 22.8 Å². The first-order valence-corrected chi connectivity index (χ1v) is 11.2. The van der Waals surface area contributed by atoms with Gasteiger partial charge in [0.15, 0.2) is 5.65 Å². The fourth-order valence-electron chi connectivity index (χ4n) is 3.90. The number of primary amides is 1. The number of fused-ring (bicyclic) bond motifs is 1. The highest BCUT2D eigenvalue weighted by Gasteiger charge is 2.20. The highest BCUT2D eigenvalue weighted by Crippen LogP contribution is 2.29. The van der Waals surface area contributed by atoms with Crippen LogP contribution < -0.4 is 5.73 Å². The van der Waals surface area contributed by atoms with Crippen LogP contribution in [-0.4, -0.2) is 40.3 Å². The predicted octanol–water partition coefficient (Wildman–Crippen LogP) is 3.32. The molecule has 0 aliphatic heterocycles. The first-order chi connectivity index (χ1) is 16.9. The lowest BCUT2D eigenvalue weighted by molar-refractivity contribution is 0.0993. The number of nitrogens with two attached hydrogens (primary N) is 1. The SMILES string of the molecule is CC(C)n1ccc(-c2[nH]c(CCc3cccc(C#N)c3)nc2-c2ccc3ncc(C(N)=O)n3n2)n1. The number of hydrogen-bond acceptors (Lipinski definition) is 6. The van der Waals surface area contributed by atoms with Gasteiger partial charge in [-0.25, -0.2) is 14.5 Å². The molecule has 0 spiro atoms. The summed E-state index contributed by atoms with van der Waals surface area (Å²) in [5.41, 5.74) is 10.5. The lowest BCUT2D eigenvalue weighted by atomic mass is 10.1. The molecule has 4 aromatic heterocycles. The van der Waals surface area contributed by atoms with Gasteiger partial charge in [0.25, 0.3) is 5.91 Å². The zero-order chi connectivity index (χ0) is 24.5. The van der Waals surface area contributed by atoms with E-state index in [1.165, 1.54) is 10.7 Å². The van der Waals surface area contributed by atoms with E-state index in [2.05, 4.69) is 35.0 Å². The van der Waals surface area contributed by atoms with Crippen molar-refractivity contribution in [2.45, 2.75) is 32.7 Å². The summed E-state index contributed by atoms with van der Waals surface area (Å²) in [5.74, 6) is 0.152. The van der Waals surface area contributed by atoms with Gasteiger partial charge in [0.05, 0.1) is 23.5 Å². The summed E-state index contributed by atoms with van der Waals surface area (Å²) in [5, 5.41) is 18.5. The molecule has 0 saturated carbocycles. The molecule has 0 bridgehead atoms. The first-order valence-electron chi connectivity index (χ1n) is 11.2. The molecule has 0 aliphatic rings. The van der Waals surface area contributed by atoms with E-state index >= 15 is 0 Å². The second kappa shape index (κ2) is 8.87. The number of carbonyl (C=O) groups is 1. The molecule has 1 amide bonds. The minimum atomic E-state index is -0.611. The lowest BCUT2D eigenvalue weighted by Crippen LogP contribution is -2.15. The van der Waals surface area contributed by atoms with Crippen LogP contribution >= 0.6 is 0 Å². The van der Waals surface area contributed by atoms with Gasteiger partial charge in [-0.15, -0.1) is 0 Å². The largest absolute Gasteiger partial charge is 0.364 e. The normalized spacial score (nSPS) is 11.3. The minimum absolute atomic E-state index is 0.195. The Kier molecular flexibility index (Phi) is 5.58. The molecule has 0 unspecified atom stereocenters. The maximum atomic E-state index is 11.8. The average Bonchev–Trinajstić information content (AvgIpc) is 3.60. The van der Waals surface area contributed by atoms with Crippen LogP contribution in [0.15, 0.2) is 54.9 Å². The maximum Gasteiger partial charge on any atom is 0.269 e. The number of benzene rings is 1. The van der Waals surface area contributed by atoms with Crippen LogP contribution in [-0.2, 0) is 12.8 Å². The van der Waals surface area contributed by atoms with Gasteiger partial charge in [0.2, 0.25) is 0 Å². The molecule has 174 valence electrons. The third-order valence-corrected chi connectivity index (χ3v) is 5.71. The summed E-state index contributed by atoms with van der Waals surface area (Å²) in [4.78, 5) is 24.3. The van der Waals surface area contributed by atoms with Gasteiger partial charge < -0.3 is 10.7 Å². The van der Waals surface area contributed by atoms with Gasteiger partial charge in [0.1, 0.15) is 28.6 Å². The van der Waals surface area contributed by atoms with Crippen LogP contribution in [0.3, 0.4) is 0 Å². The zero-order valence-corrected chi connectivity index (χ0v) is 19.3.